The summed E-state index contributed by atoms with van der Waals surface area (Å²) in [7, 11) is 1.41. The Labute approximate surface area is 122 Å². The zero-order valence-electron chi connectivity index (χ0n) is 11.7. The molecule has 0 spiro atoms. The summed E-state index contributed by atoms with van der Waals surface area (Å²) < 4.78 is 11.8. The summed E-state index contributed by atoms with van der Waals surface area (Å²) in [4.78, 5) is 12.0. The maximum atomic E-state index is 12.0. The standard InChI is InChI=1S/C15H19BrO3/c1-10(2)15(13(17)18-4)14(3,19-15)9-11-5-7-12(16)8-6-11/h5-8,10H,9H2,1-4H3. The predicted octanol–water partition coefficient (Wildman–Crippen LogP) is 3.35. The number of benzene rings is 1. The summed E-state index contributed by atoms with van der Waals surface area (Å²) in [6.07, 6.45) is 0.702. The van der Waals surface area contributed by atoms with Gasteiger partial charge in [0.05, 0.1) is 7.11 Å². The van der Waals surface area contributed by atoms with Crippen LogP contribution in [0.5, 0.6) is 0 Å². The minimum Gasteiger partial charge on any atom is -0.467 e. The second kappa shape index (κ2) is 4.91. The summed E-state index contributed by atoms with van der Waals surface area (Å²) in [5, 5.41) is 0. The number of carbonyl (C=O) groups is 1. The Morgan fingerprint density at radius 1 is 1.37 bits per heavy atom. The van der Waals surface area contributed by atoms with Crippen molar-refractivity contribution in [3.05, 3.63) is 34.3 Å². The van der Waals surface area contributed by atoms with Crippen molar-refractivity contribution in [3.8, 4) is 0 Å². The number of epoxide rings is 1. The largest absolute Gasteiger partial charge is 0.467 e. The molecule has 1 aliphatic rings. The van der Waals surface area contributed by atoms with Crippen LogP contribution < -0.4 is 0 Å². The average molecular weight is 327 g/mol. The third kappa shape index (κ3) is 2.32. The van der Waals surface area contributed by atoms with Gasteiger partial charge in [0.25, 0.3) is 0 Å². The van der Waals surface area contributed by atoms with E-state index >= 15 is 0 Å². The van der Waals surface area contributed by atoms with Crippen molar-refractivity contribution in [1.82, 2.24) is 0 Å². The van der Waals surface area contributed by atoms with Crippen molar-refractivity contribution in [3.63, 3.8) is 0 Å². The zero-order valence-corrected chi connectivity index (χ0v) is 13.3. The van der Waals surface area contributed by atoms with Gasteiger partial charge in [-0.15, -0.1) is 0 Å². The molecule has 104 valence electrons. The van der Waals surface area contributed by atoms with Crippen molar-refractivity contribution >= 4 is 21.9 Å². The van der Waals surface area contributed by atoms with E-state index in [4.69, 9.17) is 9.47 Å². The van der Waals surface area contributed by atoms with Crippen molar-refractivity contribution in [2.45, 2.75) is 38.4 Å². The van der Waals surface area contributed by atoms with Gasteiger partial charge in [-0.25, -0.2) is 4.79 Å². The SMILES string of the molecule is COC(=O)C1(C(C)C)OC1(C)Cc1ccc(Br)cc1. The van der Waals surface area contributed by atoms with Crippen LogP contribution in [0.2, 0.25) is 0 Å². The van der Waals surface area contributed by atoms with Gasteiger partial charge in [0.15, 0.2) is 5.60 Å². The van der Waals surface area contributed by atoms with E-state index < -0.39 is 11.2 Å². The molecule has 2 unspecified atom stereocenters. The molecule has 1 aliphatic heterocycles. The lowest BCUT2D eigenvalue weighted by molar-refractivity contribution is -0.148. The second-order valence-corrected chi connectivity index (χ2v) is 6.43. The van der Waals surface area contributed by atoms with Gasteiger partial charge in [0, 0.05) is 10.9 Å². The Morgan fingerprint density at radius 3 is 2.42 bits per heavy atom. The molecule has 0 bridgehead atoms. The molecular formula is C15H19BrO3. The lowest BCUT2D eigenvalue weighted by atomic mass is 9.81. The van der Waals surface area contributed by atoms with Gasteiger partial charge in [0.2, 0.25) is 0 Å². The molecular weight excluding hydrogens is 308 g/mol. The lowest BCUT2D eigenvalue weighted by Gasteiger charge is -2.18. The Balaban J connectivity index is 2.21. The molecule has 1 fully saturated rings. The highest BCUT2D eigenvalue weighted by atomic mass is 79.9. The maximum Gasteiger partial charge on any atom is 0.341 e. The molecule has 0 aromatic heterocycles. The van der Waals surface area contributed by atoms with E-state index in [1.54, 1.807) is 0 Å². The van der Waals surface area contributed by atoms with Crippen LogP contribution in [-0.4, -0.2) is 24.3 Å². The number of hydrogen-bond donors (Lipinski definition) is 0. The van der Waals surface area contributed by atoms with E-state index in [9.17, 15) is 4.79 Å². The molecule has 1 heterocycles. The van der Waals surface area contributed by atoms with Gasteiger partial charge in [-0.2, -0.15) is 0 Å². The first-order valence-corrected chi connectivity index (χ1v) is 7.18. The third-order valence-electron chi connectivity index (χ3n) is 3.89. The number of hydrogen-bond acceptors (Lipinski definition) is 3. The molecule has 2 atom stereocenters. The highest BCUT2D eigenvalue weighted by Gasteiger charge is 2.73. The van der Waals surface area contributed by atoms with Crippen molar-refractivity contribution in [1.29, 1.82) is 0 Å². The maximum absolute atomic E-state index is 12.0. The molecule has 1 aromatic carbocycles. The smallest absolute Gasteiger partial charge is 0.341 e. The number of ether oxygens (including phenoxy) is 2. The number of halogens is 1. The molecule has 0 aliphatic carbocycles. The Hall–Kier alpha value is -0.870. The monoisotopic (exact) mass is 326 g/mol. The fourth-order valence-electron chi connectivity index (χ4n) is 2.86. The van der Waals surface area contributed by atoms with Gasteiger partial charge in [-0.3, -0.25) is 0 Å². The minimum atomic E-state index is -0.811. The summed E-state index contributed by atoms with van der Waals surface area (Å²) in [6.45, 7) is 5.96. The average Bonchev–Trinajstić information content (AvgIpc) is 2.99. The van der Waals surface area contributed by atoms with Gasteiger partial charge < -0.3 is 9.47 Å². The zero-order chi connectivity index (χ0) is 14.3. The molecule has 0 radical (unpaired) electrons. The summed E-state index contributed by atoms with van der Waals surface area (Å²) in [5.74, 6) is -0.192. The third-order valence-corrected chi connectivity index (χ3v) is 4.42. The topological polar surface area (TPSA) is 38.8 Å². The Kier molecular flexibility index (Phi) is 3.76. The van der Waals surface area contributed by atoms with E-state index in [0.29, 0.717) is 6.42 Å². The summed E-state index contributed by atoms with van der Waals surface area (Å²) >= 11 is 3.42. The molecule has 19 heavy (non-hydrogen) atoms. The highest BCUT2D eigenvalue weighted by molar-refractivity contribution is 9.10. The first-order chi connectivity index (χ1) is 8.85. The normalized spacial score (nSPS) is 29.4. The van der Waals surface area contributed by atoms with Crippen LogP contribution in [0, 0.1) is 5.92 Å². The number of esters is 1. The lowest BCUT2D eigenvalue weighted by Crippen LogP contribution is -2.39. The summed E-state index contributed by atoms with van der Waals surface area (Å²) in [6, 6.07) is 8.07. The molecule has 0 amide bonds. The minimum absolute atomic E-state index is 0.0837. The van der Waals surface area contributed by atoms with Crippen LogP contribution in [0.25, 0.3) is 0 Å². The molecule has 0 saturated carbocycles. The molecule has 0 N–H and O–H groups in total. The summed E-state index contributed by atoms with van der Waals surface area (Å²) in [5.41, 5.74) is -0.145. The van der Waals surface area contributed by atoms with E-state index in [1.165, 1.54) is 7.11 Å². The Bertz CT molecular complexity index is 483. The first kappa shape index (κ1) is 14.5. The van der Waals surface area contributed by atoms with Crippen LogP contribution in [0.1, 0.15) is 26.3 Å². The molecule has 2 rings (SSSR count). The number of methoxy groups -OCH3 is 1. The van der Waals surface area contributed by atoms with Crippen LogP contribution in [0.3, 0.4) is 0 Å². The van der Waals surface area contributed by atoms with Crippen LogP contribution in [0.4, 0.5) is 0 Å². The number of carbonyl (C=O) groups excluding carboxylic acids is 1. The van der Waals surface area contributed by atoms with Crippen LogP contribution >= 0.6 is 15.9 Å². The van der Waals surface area contributed by atoms with Gasteiger partial charge in [0.1, 0.15) is 5.60 Å². The van der Waals surface area contributed by atoms with E-state index in [1.807, 2.05) is 45.0 Å². The van der Waals surface area contributed by atoms with Crippen molar-refractivity contribution in [2.24, 2.45) is 5.92 Å². The quantitative estimate of drug-likeness (QED) is 0.629. The first-order valence-electron chi connectivity index (χ1n) is 6.39. The van der Waals surface area contributed by atoms with Gasteiger partial charge in [-0.05, 0) is 30.5 Å². The Morgan fingerprint density at radius 2 is 1.95 bits per heavy atom. The predicted molar refractivity (Wildman–Crippen MR) is 76.9 cm³/mol. The second-order valence-electron chi connectivity index (χ2n) is 5.52. The molecule has 1 saturated heterocycles. The van der Waals surface area contributed by atoms with E-state index in [2.05, 4.69) is 15.9 Å². The fourth-order valence-corrected chi connectivity index (χ4v) is 3.13. The van der Waals surface area contributed by atoms with Gasteiger partial charge >= 0.3 is 5.97 Å². The van der Waals surface area contributed by atoms with Crippen LogP contribution in [-0.2, 0) is 20.7 Å². The van der Waals surface area contributed by atoms with Gasteiger partial charge in [-0.1, -0.05) is 41.9 Å². The number of rotatable bonds is 4. The van der Waals surface area contributed by atoms with Crippen molar-refractivity contribution in [2.75, 3.05) is 7.11 Å². The van der Waals surface area contributed by atoms with E-state index in [-0.39, 0.29) is 11.9 Å². The van der Waals surface area contributed by atoms with Crippen molar-refractivity contribution < 1.29 is 14.3 Å². The molecule has 3 nitrogen and oxygen atoms in total. The highest BCUT2D eigenvalue weighted by Crippen LogP contribution is 2.55. The van der Waals surface area contributed by atoms with E-state index in [0.717, 1.165) is 10.0 Å². The molecule has 1 aromatic rings. The fraction of sp³-hybridized carbons (Fsp3) is 0.533. The molecule has 4 heteroatoms. The van der Waals surface area contributed by atoms with Crippen LogP contribution in [0.15, 0.2) is 28.7 Å².